The van der Waals surface area contributed by atoms with Crippen LogP contribution in [0.15, 0.2) is 18.2 Å². The Labute approximate surface area is 119 Å². The number of carbonyl (C=O) groups excluding carboxylic acids is 1. The second kappa shape index (κ2) is 5.83. The Balaban J connectivity index is 1.97. The summed E-state index contributed by atoms with van der Waals surface area (Å²) in [5.74, 6) is 0.280. The van der Waals surface area contributed by atoms with Gasteiger partial charge in [-0.25, -0.2) is 0 Å². The van der Waals surface area contributed by atoms with Gasteiger partial charge < -0.3 is 15.5 Å². The molecule has 1 aromatic carbocycles. The Morgan fingerprint density at radius 1 is 1.40 bits per heavy atom. The highest BCUT2D eigenvalue weighted by Gasteiger charge is 2.32. The third-order valence-corrected chi connectivity index (χ3v) is 4.18. The average molecular weight is 277 g/mol. The van der Waals surface area contributed by atoms with Crippen molar-refractivity contribution in [2.45, 2.75) is 45.1 Å². The summed E-state index contributed by atoms with van der Waals surface area (Å²) in [4.78, 5) is 12.1. The van der Waals surface area contributed by atoms with Gasteiger partial charge >= 0.3 is 0 Å². The summed E-state index contributed by atoms with van der Waals surface area (Å²) in [5, 5.41) is 22.9. The number of aryl methyl sites for hydroxylation is 1. The monoisotopic (exact) mass is 277 g/mol. The SMILES string of the molecule is Cc1ccc(O)c(C(=O)NCC2(O)CCC(C)CC2)c1. The fourth-order valence-corrected chi connectivity index (χ4v) is 2.65. The molecule has 0 unspecified atom stereocenters. The highest BCUT2D eigenvalue weighted by Crippen LogP contribution is 2.31. The number of carbonyl (C=O) groups is 1. The van der Waals surface area contributed by atoms with Crippen LogP contribution in [0.25, 0.3) is 0 Å². The van der Waals surface area contributed by atoms with E-state index in [1.807, 2.05) is 6.92 Å². The van der Waals surface area contributed by atoms with Gasteiger partial charge in [0.1, 0.15) is 5.75 Å². The third-order valence-electron chi connectivity index (χ3n) is 4.18. The minimum atomic E-state index is -0.804. The van der Waals surface area contributed by atoms with Crippen LogP contribution in [0.1, 0.15) is 48.5 Å². The van der Waals surface area contributed by atoms with Crippen molar-refractivity contribution in [2.75, 3.05) is 6.54 Å². The first-order chi connectivity index (χ1) is 9.39. The normalized spacial score (nSPS) is 26.2. The smallest absolute Gasteiger partial charge is 0.255 e. The molecule has 0 atom stereocenters. The number of amides is 1. The Hall–Kier alpha value is -1.55. The lowest BCUT2D eigenvalue weighted by Crippen LogP contribution is -2.45. The Morgan fingerprint density at radius 3 is 2.70 bits per heavy atom. The van der Waals surface area contributed by atoms with Crippen molar-refractivity contribution in [1.82, 2.24) is 5.32 Å². The summed E-state index contributed by atoms with van der Waals surface area (Å²) < 4.78 is 0. The maximum Gasteiger partial charge on any atom is 0.255 e. The highest BCUT2D eigenvalue weighted by atomic mass is 16.3. The van der Waals surface area contributed by atoms with Crippen LogP contribution < -0.4 is 5.32 Å². The number of benzene rings is 1. The molecule has 1 amide bonds. The van der Waals surface area contributed by atoms with E-state index in [0.717, 1.165) is 18.4 Å². The summed E-state index contributed by atoms with van der Waals surface area (Å²) in [6.45, 7) is 4.29. The van der Waals surface area contributed by atoms with Gasteiger partial charge in [0.2, 0.25) is 0 Å². The van der Waals surface area contributed by atoms with Crippen molar-refractivity contribution >= 4 is 5.91 Å². The molecule has 1 fully saturated rings. The second-order valence-corrected chi connectivity index (χ2v) is 6.11. The second-order valence-electron chi connectivity index (χ2n) is 6.11. The van der Waals surface area contributed by atoms with Gasteiger partial charge in [-0.1, -0.05) is 18.6 Å². The first-order valence-corrected chi connectivity index (χ1v) is 7.20. The number of nitrogens with one attached hydrogen (secondary N) is 1. The topological polar surface area (TPSA) is 69.6 Å². The van der Waals surface area contributed by atoms with Gasteiger partial charge in [-0.3, -0.25) is 4.79 Å². The fraction of sp³-hybridized carbons (Fsp3) is 0.562. The average Bonchev–Trinajstić information content (AvgIpc) is 2.43. The largest absolute Gasteiger partial charge is 0.507 e. The number of phenols is 1. The van der Waals surface area contributed by atoms with Gasteiger partial charge in [-0.15, -0.1) is 0 Å². The number of hydrogen-bond donors (Lipinski definition) is 3. The van der Waals surface area contributed by atoms with Crippen molar-refractivity contribution in [1.29, 1.82) is 0 Å². The summed E-state index contributed by atoms with van der Waals surface area (Å²) in [6.07, 6.45) is 3.41. The molecular weight excluding hydrogens is 254 g/mol. The van der Waals surface area contributed by atoms with Crippen molar-refractivity contribution in [3.63, 3.8) is 0 Å². The first-order valence-electron chi connectivity index (χ1n) is 7.20. The van der Waals surface area contributed by atoms with Crippen LogP contribution in [-0.2, 0) is 0 Å². The van der Waals surface area contributed by atoms with E-state index in [-0.39, 0.29) is 23.8 Å². The van der Waals surface area contributed by atoms with E-state index in [2.05, 4.69) is 12.2 Å². The van der Waals surface area contributed by atoms with Crippen LogP contribution >= 0.6 is 0 Å². The number of rotatable bonds is 3. The Morgan fingerprint density at radius 2 is 2.05 bits per heavy atom. The fourth-order valence-electron chi connectivity index (χ4n) is 2.65. The molecule has 1 aliphatic rings. The molecule has 0 radical (unpaired) electrons. The van der Waals surface area contributed by atoms with E-state index in [0.29, 0.717) is 18.8 Å². The van der Waals surface area contributed by atoms with Crippen molar-refractivity contribution in [2.24, 2.45) is 5.92 Å². The molecule has 0 saturated heterocycles. The molecular formula is C16H23NO3. The van der Waals surface area contributed by atoms with E-state index in [4.69, 9.17) is 0 Å². The molecule has 4 nitrogen and oxygen atoms in total. The molecule has 1 aromatic rings. The molecule has 0 aliphatic heterocycles. The van der Waals surface area contributed by atoms with Crippen molar-refractivity contribution < 1.29 is 15.0 Å². The quantitative estimate of drug-likeness (QED) is 0.794. The zero-order valence-electron chi connectivity index (χ0n) is 12.1. The number of aromatic hydroxyl groups is 1. The minimum absolute atomic E-state index is 0.0302. The molecule has 20 heavy (non-hydrogen) atoms. The summed E-state index contributed by atoms with van der Waals surface area (Å²) in [5.41, 5.74) is 0.373. The highest BCUT2D eigenvalue weighted by molar-refractivity contribution is 5.97. The lowest BCUT2D eigenvalue weighted by molar-refractivity contribution is -0.00542. The predicted molar refractivity (Wildman–Crippen MR) is 77.8 cm³/mol. The molecule has 1 aliphatic carbocycles. The van der Waals surface area contributed by atoms with Gasteiger partial charge in [-0.2, -0.15) is 0 Å². The molecule has 3 N–H and O–H groups in total. The summed E-state index contributed by atoms with van der Waals surface area (Å²) in [6, 6.07) is 4.92. The minimum Gasteiger partial charge on any atom is -0.507 e. The third kappa shape index (κ3) is 3.51. The van der Waals surface area contributed by atoms with Crippen LogP contribution in [0.2, 0.25) is 0 Å². The van der Waals surface area contributed by atoms with Gasteiger partial charge in [0, 0.05) is 6.54 Å². The van der Waals surface area contributed by atoms with Gasteiger partial charge in [-0.05, 0) is 50.7 Å². The lowest BCUT2D eigenvalue weighted by atomic mass is 9.79. The Kier molecular flexibility index (Phi) is 4.33. The van der Waals surface area contributed by atoms with Gasteiger partial charge in [0.05, 0.1) is 11.2 Å². The molecule has 0 bridgehead atoms. The molecule has 4 heteroatoms. The lowest BCUT2D eigenvalue weighted by Gasteiger charge is -2.34. The van der Waals surface area contributed by atoms with Crippen molar-refractivity contribution in [3.8, 4) is 5.75 Å². The van der Waals surface area contributed by atoms with E-state index in [1.165, 1.54) is 6.07 Å². The zero-order valence-corrected chi connectivity index (χ0v) is 12.1. The van der Waals surface area contributed by atoms with E-state index < -0.39 is 5.60 Å². The molecule has 0 aromatic heterocycles. The summed E-state index contributed by atoms with van der Waals surface area (Å²) in [7, 11) is 0. The van der Waals surface area contributed by atoms with E-state index >= 15 is 0 Å². The van der Waals surface area contributed by atoms with Crippen LogP contribution in [0.3, 0.4) is 0 Å². The predicted octanol–water partition coefficient (Wildman–Crippen LogP) is 2.37. The molecule has 0 spiro atoms. The maximum atomic E-state index is 12.1. The van der Waals surface area contributed by atoms with E-state index in [9.17, 15) is 15.0 Å². The standard InChI is InChI=1S/C16H23NO3/c1-11-5-7-16(20,8-6-11)10-17-15(19)13-9-12(2)3-4-14(13)18/h3-4,9,11,18,20H,5-8,10H2,1-2H3,(H,17,19). The van der Waals surface area contributed by atoms with Gasteiger partial charge in [0.15, 0.2) is 0 Å². The summed E-state index contributed by atoms with van der Waals surface area (Å²) >= 11 is 0. The molecule has 110 valence electrons. The molecule has 2 rings (SSSR count). The van der Waals surface area contributed by atoms with Gasteiger partial charge in [0.25, 0.3) is 5.91 Å². The maximum absolute atomic E-state index is 12.1. The number of aliphatic hydroxyl groups is 1. The van der Waals surface area contributed by atoms with Crippen molar-refractivity contribution in [3.05, 3.63) is 29.3 Å². The molecule has 0 heterocycles. The van der Waals surface area contributed by atoms with E-state index in [1.54, 1.807) is 12.1 Å². The van der Waals surface area contributed by atoms with Crippen LogP contribution in [-0.4, -0.2) is 28.3 Å². The number of phenolic OH excluding ortho intramolecular Hbond substituents is 1. The number of hydrogen-bond acceptors (Lipinski definition) is 3. The van der Waals surface area contributed by atoms with Crippen LogP contribution in [0.4, 0.5) is 0 Å². The zero-order chi connectivity index (χ0) is 14.8. The molecule has 1 saturated carbocycles. The van der Waals surface area contributed by atoms with Crippen LogP contribution in [0.5, 0.6) is 5.75 Å². The van der Waals surface area contributed by atoms with Crippen LogP contribution in [0, 0.1) is 12.8 Å². The Bertz CT molecular complexity index is 490. The first kappa shape index (κ1) is 14.9.